The molecule has 69 heavy (non-hydrogen) atoms. The van der Waals surface area contributed by atoms with Crippen molar-refractivity contribution in [3.63, 3.8) is 0 Å². The van der Waals surface area contributed by atoms with Gasteiger partial charge in [0.05, 0.1) is 45.3 Å². The number of nitrogen functional groups attached to an aromatic ring is 1. The molecule has 0 saturated heterocycles. The molecule has 0 atom stereocenters. The van der Waals surface area contributed by atoms with Gasteiger partial charge in [-0.2, -0.15) is 52.7 Å². The van der Waals surface area contributed by atoms with E-state index >= 15 is 0 Å². The van der Waals surface area contributed by atoms with Crippen molar-refractivity contribution < 1.29 is 92.9 Å². The van der Waals surface area contributed by atoms with Crippen LogP contribution in [-0.2, 0) is 54.7 Å². The third kappa shape index (κ3) is 23.9. The number of nitrogens with one attached hydrogen (secondary N) is 2. The monoisotopic (exact) mass is 1100 g/mol. The second kappa shape index (κ2) is 28.1. The number of halogens is 13. The molecule has 0 spiro atoms. The van der Waals surface area contributed by atoms with Gasteiger partial charge in [0, 0.05) is 79.5 Å². The number of alkyl halides is 12. The second-order valence-electron chi connectivity index (χ2n) is 13.2. The Balaban J connectivity index is 0. The molecule has 0 bridgehead atoms. The largest absolute Gasteiger partial charge is 0.481 e. The zero-order valence-corrected chi connectivity index (χ0v) is 37.1. The fourth-order valence-electron chi connectivity index (χ4n) is 4.75. The molecular weight excluding hydrogens is 1060 g/mol. The summed E-state index contributed by atoms with van der Waals surface area (Å²) in [5.74, 6) is -1.67. The molecule has 7 aromatic rings. The number of benzene rings is 3. The number of carbonyl (C=O) groups is 2. The first kappa shape index (κ1) is 64.6. The number of rotatable bonds is 2. The van der Waals surface area contributed by atoms with Crippen molar-refractivity contribution in [2.75, 3.05) is 11.1 Å². The molecule has 0 unspecified atom stereocenters. The summed E-state index contributed by atoms with van der Waals surface area (Å²) in [6, 6.07) is 20.4. The van der Waals surface area contributed by atoms with Gasteiger partial charge >= 0.3 is 24.7 Å². The number of hydrogen-bond donors (Lipinski definition) is 5. The molecule has 0 fully saturated rings. The Bertz CT molecular complexity index is 2550. The minimum absolute atomic E-state index is 0. The van der Waals surface area contributed by atoms with Crippen molar-refractivity contribution in [3.05, 3.63) is 154 Å². The van der Waals surface area contributed by atoms with Gasteiger partial charge in [0.2, 0.25) is 0 Å². The minimum atomic E-state index is -4.38. The number of fused-ring (bicyclic) bond motifs is 3. The van der Waals surface area contributed by atoms with Crippen LogP contribution in [0.5, 0.6) is 0 Å². The summed E-state index contributed by atoms with van der Waals surface area (Å²) in [6.45, 7) is 5.84. The molecule has 24 heteroatoms. The molecule has 7 rings (SSSR count). The van der Waals surface area contributed by atoms with Crippen molar-refractivity contribution >= 4 is 62.4 Å². The van der Waals surface area contributed by atoms with Crippen molar-refractivity contribution in [2.24, 2.45) is 0 Å². The Morgan fingerprint density at radius 3 is 1.41 bits per heavy atom. The van der Waals surface area contributed by atoms with Crippen LogP contribution >= 0.6 is 11.6 Å². The maximum atomic E-state index is 12.7. The quantitative estimate of drug-likeness (QED) is 0.0643. The standard InChI is InChI=1S/C13H9F3N2.C13H11F3N2.C7H6F3N.C6H3ClF3N.2C2H4O2.2CH4.Pd/c1-7-4-9-10-5-8(13(14,15)16)2-3-11(10)18-12(9)6-17-7;1-9-2-5-12(8-17-9)18-11-6-3-10(4-7-11)13(14,15)16;8-7(9,10)5-1-3-6(11)4-2-5;7-4-1-2-5(11-3-4)6(8,9)10;2*1-2(3)4;;;/h2-6,18H,1H3;2-8,18H,1H3;1-4H,11H2;1-3H;2*1H3,(H,3,4);2*1H4;. The van der Waals surface area contributed by atoms with Crippen LogP contribution in [0.2, 0.25) is 5.02 Å². The number of carboxylic acid groups (broad SMARTS) is 2. The van der Waals surface area contributed by atoms with E-state index in [1.807, 2.05) is 26.0 Å². The number of aryl methyl sites for hydroxylation is 2. The number of hydrogen-bond acceptors (Lipinski definition) is 7. The average Bonchev–Trinajstić information content (AvgIpc) is 3.55. The number of pyridine rings is 3. The van der Waals surface area contributed by atoms with E-state index in [0.717, 1.165) is 90.5 Å². The number of H-pyrrole nitrogens is 1. The van der Waals surface area contributed by atoms with Crippen LogP contribution < -0.4 is 11.1 Å². The predicted octanol–water partition coefficient (Wildman–Crippen LogP) is 14.7. The first-order chi connectivity index (χ1) is 30.4. The van der Waals surface area contributed by atoms with Gasteiger partial charge < -0.3 is 26.2 Å². The predicted molar refractivity (Wildman–Crippen MR) is 237 cm³/mol. The van der Waals surface area contributed by atoms with E-state index in [4.69, 9.17) is 37.1 Å². The van der Waals surface area contributed by atoms with Crippen molar-refractivity contribution in [2.45, 2.75) is 67.3 Å². The van der Waals surface area contributed by atoms with Gasteiger partial charge in [0.15, 0.2) is 0 Å². The normalized spacial score (nSPS) is 10.6. The molecule has 0 aliphatic carbocycles. The van der Waals surface area contributed by atoms with Crippen LogP contribution in [0.4, 0.5) is 69.7 Å². The molecule has 0 amide bonds. The smallest absolute Gasteiger partial charge is 0.433 e. The minimum Gasteiger partial charge on any atom is -0.481 e. The van der Waals surface area contributed by atoms with Crippen LogP contribution in [-0.4, -0.2) is 42.1 Å². The van der Waals surface area contributed by atoms with Gasteiger partial charge in [0.1, 0.15) is 5.69 Å². The Morgan fingerprint density at radius 1 is 0.551 bits per heavy atom. The third-order valence-electron chi connectivity index (χ3n) is 7.62. The first-order valence-corrected chi connectivity index (χ1v) is 18.6. The average molecular weight is 1100 g/mol. The summed E-state index contributed by atoms with van der Waals surface area (Å²) in [5, 5.41) is 19.3. The molecule has 380 valence electrons. The van der Waals surface area contributed by atoms with E-state index in [-0.39, 0.29) is 40.3 Å². The SMILES string of the molecule is C.C.CC(=O)O.CC(=O)O.Cc1cc2c(cn1)[nH]c1ccc(C(F)(F)F)cc12.Cc1ccc(Nc2ccc(C(F)(F)F)cc2)cn1.FC(F)(F)c1ccc(Cl)cn1.Nc1ccc(C(F)(F)F)cc1.[Pd]. The number of nitrogens with zero attached hydrogens (tertiary/aromatic N) is 3. The van der Waals surface area contributed by atoms with E-state index in [9.17, 15) is 52.7 Å². The molecule has 4 aromatic heterocycles. The molecule has 0 radical (unpaired) electrons. The summed E-state index contributed by atoms with van der Waals surface area (Å²) in [4.78, 5) is 32.4. The maximum Gasteiger partial charge on any atom is 0.433 e. The number of aliphatic carboxylic acids is 2. The Kier molecular flexibility index (Phi) is 26.4. The van der Waals surface area contributed by atoms with E-state index in [2.05, 4.69) is 25.3 Å². The summed E-state index contributed by atoms with van der Waals surface area (Å²) in [5.41, 5.74) is 7.06. The third-order valence-corrected chi connectivity index (χ3v) is 7.84. The van der Waals surface area contributed by atoms with Crippen molar-refractivity contribution in [1.82, 2.24) is 19.9 Å². The van der Waals surface area contributed by atoms with Crippen LogP contribution in [0.1, 0.15) is 62.5 Å². The van der Waals surface area contributed by atoms with Crippen LogP contribution in [0.15, 0.2) is 116 Å². The number of nitrogens with two attached hydrogens (primary N) is 1. The van der Waals surface area contributed by atoms with Gasteiger partial charge in [0.25, 0.3) is 11.9 Å². The van der Waals surface area contributed by atoms with Gasteiger partial charge in [-0.3, -0.25) is 24.5 Å². The zero-order chi connectivity index (χ0) is 50.2. The summed E-state index contributed by atoms with van der Waals surface area (Å²) < 4.78 is 146. The Hall–Kier alpha value is -6.44. The van der Waals surface area contributed by atoms with E-state index in [1.165, 1.54) is 36.4 Å². The summed E-state index contributed by atoms with van der Waals surface area (Å²) in [6.07, 6.45) is -13.0. The number of aromatic amines is 1. The van der Waals surface area contributed by atoms with Gasteiger partial charge in [-0.05, 0) is 111 Å². The molecular formula is C45H45ClF12N6O4Pd. The molecule has 0 aliphatic heterocycles. The number of anilines is 3. The topological polar surface area (TPSA) is 167 Å². The first-order valence-electron chi connectivity index (χ1n) is 18.2. The maximum absolute atomic E-state index is 12.7. The van der Waals surface area contributed by atoms with Gasteiger partial charge in [-0.15, -0.1) is 0 Å². The van der Waals surface area contributed by atoms with Gasteiger partial charge in [-0.1, -0.05) is 26.5 Å². The summed E-state index contributed by atoms with van der Waals surface area (Å²) >= 11 is 5.33. The van der Waals surface area contributed by atoms with E-state index < -0.39 is 59.0 Å². The van der Waals surface area contributed by atoms with Crippen molar-refractivity contribution in [1.29, 1.82) is 0 Å². The second-order valence-corrected chi connectivity index (χ2v) is 13.6. The summed E-state index contributed by atoms with van der Waals surface area (Å²) in [7, 11) is 0. The zero-order valence-electron chi connectivity index (χ0n) is 34.8. The molecule has 0 aliphatic rings. The number of carboxylic acids is 2. The van der Waals surface area contributed by atoms with Crippen LogP contribution in [0, 0.1) is 13.8 Å². The van der Waals surface area contributed by atoms with E-state index in [1.54, 1.807) is 18.5 Å². The van der Waals surface area contributed by atoms with E-state index in [0.29, 0.717) is 22.3 Å². The van der Waals surface area contributed by atoms with Crippen LogP contribution in [0.3, 0.4) is 0 Å². The van der Waals surface area contributed by atoms with Crippen molar-refractivity contribution in [3.8, 4) is 0 Å². The number of aromatic nitrogens is 4. The fraction of sp³-hybridized carbons (Fsp3) is 0.222. The molecule has 10 nitrogen and oxygen atoms in total. The molecule has 4 heterocycles. The Morgan fingerprint density at radius 2 is 0.986 bits per heavy atom. The molecule has 0 saturated carbocycles. The Labute approximate surface area is 406 Å². The molecule has 6 N–H and O–H groups in total. The van der Waals surface area contributed by atoms with Crippen LogP contribution in [0.25, 0.3) is 21.8 Å². The fourth-order valence-corrected chi connectivity index (χ4v) is 4.86. The van der Waals surface area contributed by atoms with Gasteiger partial charge in [-0.25, -0.2) is 0 Å². The molecule has 3 aromatic carbocycles.